The summed E-state index contributed by atoms with van der Waals surface area (Å²) in [5.74, 6) is -1.50. The van der Waals surface area contributed by atoms with E-state index in [9.17, 15) is 17.6 Å². The Labute approximate surface area is 179 Å². The molecule has 1 N–H and O–H groups in total. The van der Waals surface area contributed by atoms with E-state index in [0.29, 0.717) is 0 Å². The molecule has 1 fully saturated rings. The Balaban J connectivity index is 0.00000112. The highest BCUT2D eigenvalue weighted by molar-refractivity contribution is 5.63. The number of fused-ring (bicyclic) bond motifs is 4. The maximum absolute atomic E-state index is 13.3. The molecule has 1 saturated carbocycles. The molecule has 0 bridgehead atoms. The lowest BCUT2D eigenvalue weighted by atomic mass is 9.56. The summed E-state index contributed by atoms with van der Waals surface area (Å²) in [6.07, 6.45) is 4.35. The summed E-state index contributed by atoms with van der Waals surface area (Å²) in [6.45, 7) is 2.17. The minimum atomic E-state index is -4.12. The average molecular weight is 434 g/mol. The molecule has 0 aliphatic heterocycles. The van der Waals surface area contributed by atoms with Crippen molar-refractivity contribution < 1.29 is 22.7 Å². The topological polar surface area (TPSA) is 38.0 Å². The van der Waals surface area contributed by atoms with Crippen molar-refractivity contribution in [2.24, 2.45) is 17.3 Å². The van der Waals surface area contributed by atoms with Crippen LogP contribution in [-0.2, 0) is 6.42 Å². The number of hydrogen-bond donors (Lipinski definition) is 1. The number of benzene rings is 1. The van der Waals surface area contributed by atoms with Gasteiger partial charge < -0.3 is 5.11 Å². The molecule has 31 heavy (non-hydrogen) atoms. The second-order valence-corrected chi connectivity index (χ2v) is 8.73. The zero-order valence-electron chi connectivity index (χ0n) is 17.6. The van der Waals surface area contributed by atoms with Crippen molar-refractivity contribution in [2.45, 2.75) is 45.2 Å². The summed E-state index contributed by atoms with van der Waals surface area (Å²) in [5, 5.41) is 11.5. The predicted octanol–water partition coefficient (Wildman–Crippen LogP) is 5.87. The van der Waals surface area contributed by atoms with Gasteiger partial charge in [-0.25, -0.2) is 9.07 Å². The van der Waals surface area contributed by atoms with Gasteiger partial charge in [0.05, 0.1) is 23.5 Å². The van der Waals surface area contributed by atoms with Crippen LogP contribution in [0.5, 0.6) is 0 Å². The van der Waals surface area contributed by atoms with E-state index in [1.807, 2.05) is 17.0 Å². The lowest BCUT2D eigenvalue weighted by Crippen LogP contribution is -2.39. The molecule has 3 unspecified atom stereocenters. The molecule has 0 spiro atoms. The van der Waals surface area contributed by atoms with Crippen LogP contribution in [0.2, 0.25) is 0 Å². The van der Waals surface area contributed by atoms with Crippen molar-refractivity contribution in [1.29, 1.82) is 0 Å². The van der Waals surface area contributed by atoms with Crippen molar-refractivity contribution in [2.75, 3.05) is 7.11 Å². The summed E-state index contributed by atoms with van der Waals surface area (Å²) in [6, 6.07) is 6.23. The number of aliphatic hydroxyl groups is 1. The smallest absolute Gasteiger partial charge is 0.392 e. The van der Waals surface area contributed by atoms with E-state index in [1.165, 1.54) is 23.3 Å². The Kier molecular flexibility index (Phi) is 5.58. The van der Waals surface area contributed by atoms with Crippen molar-refractivity contribution in [3.05, 3.63) is 64.8 Å². The maximum atomic E-state index is 13.3. The Hall–Kier alpha value is -2.41. The van der Waals surface area contributed by atoms with E-state index in [4.69, 9.17) is 5.11 Å². The Morgan fingerprint density at radius 1 is 1.16 bits per heavy atom. The number of allylic oxidation sites excluding steroid dienone is 3. The molecule has 1 heterocycles. The van der Waals surface area contributed by atoms with Gasteiger partial charge in [-0.2, -0.15) is 18.3 Å². The van der Waals surface area contributed by atoms with Gasteiger partial charge in [-0.05, 0) is 73.9 Å². The summed E-state index contributed by atoms with van der Waals surface area (Å²) in [4.78, 5) is 0. The van der Waals surface area contributed by atoms with Crippen molar-refractivity contribution in [3.8, 4) is 5.69 Å². The Bertz CT molecular complexity index is 1020. The van der Waals surface area contributed by atoms with E-state index in [-0.39, 0.29) is 30.0 Å². The largest absolute Gasteiger partial charge is 0.400 e. The molecule has 2 aromatic rings. The molecule has 7 heteroatoms. The van der Waals surface area contributed by atoms with Gasteiger partial charge >= 0.3 is 6.18 Å². The van der Waals surface area contributed by atoms with E-state index in [1.54, 1.807) is 12.1 Å². The highest BCUT2D eigenvalue weighted by Crippen LogP contribution is 2.56. The molecule has 1 aromatic carbocycles. The lowest BCUT2D eigenvalue weighted by molar-refractivity contribution is -0.179. The first kappa shape index (κ1) is 21.8. The standard InChI is InChI=1S/C23H22F4N2.CH4O/c1-22-12-15-13-28-29(19-7-5-18(24)6-8-19)21(15)11-16(22)3-2-14-10-17(23(25,26)27)4-9-20(14)22;1-2/h5-9,11,13-14,17H,2-4,10,12H2,1H3;2H,1H3. The van der Waals surface area contributed by atoms with Crippen molar-refractivity contribution in [1.82, 2.24) is 9.78 Å². The third kappa shape index (κ3) is 3.73. The van der Waals surface area contributed by atoms with E-state index < -0.39 is 12.1 Å². The quantitative estimate of drug-likeness (QED) is 0.450. The van der Waals surface area contributed by atoms with Crippen LogP contribution in [0.3, 0.4) is 0 Å². The molecular weight excluding hydrogens is 408 g/mol. The zero-order chi connectivity index (χ0) is 22.4. The monoisotopic (exact) mass is 434 g/mol. The number of halogens is 4. The highest BCUT2D eigenvalue weighted by atomic mass is 19.4. The molecule has 3 aliphatic carbocycles. The molecule has 1 aromatic heterocycles. The van der Waals surface area contributed by atoms with Crippen molar-refractivity contribution >= 4 is 6.08 Å². The molecule has 5 rings (SSSR count). The van der Waals surface area contributed by atoms with Gasteiger partial charge in [0.15, 0.2) is 0 Å². The first-order chi connectivity index (χ1) is 14.8. The van der Waals surface area contributed by atoms with Crippen LogP contribution in [-0.4, -0.2) is 28.2 Å². The highest BCUT2D eigenvalue weighted by Gasteiger charge is 2.49. The van der Waals surface area contributed by atoms with Crippen LogP contribution >= 0.6 is 0 Å². The van der Waals surface area contributed by atoms with Gasteiger partial charge in [-0.1, -0.05) is 24.1 Å². The Morgan fingerprint density at radius 2 is 1.87 bits per heavy atom. The molecule has 0 saturated heterocycles. The fraction of sp³-hybridized carbons (Fsp3) is 0.458. The van der Waals surface area contributed by atoms with Gasteiger partial charge in [0.2, 0.25) is 0 Å². The lowest BCUT2D eigenvalue weighted by Gasteiger charge is -2.48. The Morgan fingerprint density at radius 3 is 2.55 bits per heavy atom. The molecule has 3 aliphatic rings. The van der Waals surface area contributed by atoms with Gasteiger partial charge in [-0.15, -0.1) is 0 Å². The first-order valence-corrected chi connectivity index (χ1v) is 10.5. The molecule has 3 nitrogen and oxygen atoms in total. The summed E-state index contributed by atoms with van der Waals surface area (Å²) < 4.78 is 54.8. The maximum Gasteiger partial charge on any atom is 0.392 e. The predicted molar refractivity (Wildman–Crippen MR) is 111 cm³/mol. The van der Waals surface area contributed by atoms with Crippen LogP contribution in [0.1, 0.15) is 43.9 Å². The van der Waals surface area contributed by atoms with Crippen LogP contribution in [0.25, 0.3) is 11.8 Å². The summed E-state index contributed by atoms with van der Waals surface area (Å²) >= 11 is 0. The number of nitrogens with zero attached hydrogens (tertiary/aromatic N) is 2. The van der Waals surface area contributed by atoms with Crippen LogP contribution in [0.4, 0.5) is 17.6 Å². The third-order valence-corrected chi connectivity index (χ3v) is 7.01. The fourth-order valence-electron chi connectivity index (χ4n) is 5.47. The normalized spacial score (nSPS) is 27.1. The van der Waals surface area contributed by atoms with E-state index >= 15 is 0 Å². The molecule has 0 radical (unpaired) electrons. The minimum Gasteiger partial charge on any atom is -0.400 e. The molecule has 3 atom stereocenters. The number of rotatable bonds is 1. The number of hydrogen-bond acceptors (Lipinski definition) is 2. The summed E-state index contributed by atoms with van der Waals surface area (Å²) in [5.41, 5.74) is 5.08. The van der Waals surface area contributed by atoms with Gasteiger partial charge in [-0.3, -0.25) is 0 Å². The SMILES string of the molecule is CC12Cc3cnn(-c4ccc(F)cc4)c3C=C1CCC1CC(C(F)(F)F)CC=C12.CO. The average Bonchev–Trinajstić information content (AvgIpc) is 3.15. The molecular formula is C24H26F4N2O. The third-order valence-electron chi connectivity index (χ3n) is 7.01. The zero-order valence-corrected chi connectivity index (χ0v) is 17.6. The summed E-state index contributed by atoms with van der Waals surface area (Å²) in [7, 11) is 1.00. The second-order valence-electron chi connectivity index (χ2n) is 8.73. The van der Waals surface area contributed by atoms with Crippen molar-refractivity contribution in [3.63, 3.8) is 0 Å². The number of alkyl halides is 3. The van der Waals surface area contributed by atoms with Gasteiger partial charge in [0.1, 0.15) is 5.82 Å². The van der Waals surface area contributed by atoms with Crippen LogP contribution in [0.15, 0.2) is 47.7 Å². The van der Waals surface area contributed by atoms with Crippen LogP contribution in [0, 0.1) is 23.1 Å². The van der Waals surface area contributed by atoms with Crippen LogP contribution < -0.4 is 0 Å². The fourth-order valence-corrected chi connectivity index (χ4v) is 5.47. The van der Waals surface area contributed by atoms with Gasteiger partial charge in [0, 0.05) is 12.5 Å². The van der Waals surface area contributed by atoms with Gasteiger partial charge in [0.25, 0.3) is 0 Å². The number of aromatic nitrogens is 2. The van der Waals surface area contributed by atoms with E-state index in [2.05, 4.69) is 18.1 Å². The molecule has 0 amide bonds. The molecule has 166 valence electrons. The van der Waals surface area contributed by atoms with E-state index in [0.717, 1.165) is 43.3 Å². The number of aliphatic hydroxyl groups excluding tert-OH is 1. The second kappa shape index (κ2) is 7.93. The first-order valence-electron chi connectivity index (χ1n) is 10.5. The minimum absolute atomic E-state index is 0.00576.